The maximum absolute atomic E-state index is 12.2. The summed E-state index contributed by atoms with van der Waals surface area (Å²) in [5.41, 5.74) is 4.69. The van der Waals surface area contributed by atoms with Crippen LogP contribution in [0.1, 0.15) is 55.6 Å². The molecule has 2 aliphatic rings. The van der Waals surface area contributed by atoms with Crippen LogP contribution >= 0.6 is 0 Å². The van der Waals surface area contributed by atoms with Gasteiger partial charge in [0.15, 0.2) is 0 Å². The molecule has 1 saturated carbocycles. The normalized spacial score (nSPS) is 19.3. The van der Waals surface area contributed by atoms with Gasteiger partial charge in [-0.25, -0.2) is 4.79 Å². The van der Waals surface area contributed by atoms with Crippen molar-refractivity contribution in [1.82, 2.24) is 10.6 Å². The summed E-state index contributed by atoms with van der Waals surface area (Å²) in [4.78, 5) is 35.5. The van der Waals surface area contributed by atoms with E-state index in [-0.39, 0.29) is 36.8 Å². The molecule has 0 heterocycles. The molecule has 4 rings (SSSR count). The van der Waals surface area contributed by atoms with Gasteiger partial charge in [-0.15, -0.1) is 0 Å². The van der Waals surface area contributed by atoms with Crippen molar-refractivity contribution in [3.63, 3.8) is 0 Å². The van der Waals surface area contributed by atoms with Crippen LogP contribution in [0.5, 0.6) is 0 Å². The van der Waals surface area contributed by atoms with E-state index in [9.17, 15) is 14.4 Å². The van der Waals surface area contributed by atoms with Crippen molar-refractivity contribution < 1.29 is 24.2 Å². The number of benzene rings is 2. The van der Waals surface area contributed by atoms with E-state index in [2.05, 4.69) is 34.9 Å². The van der Waals surface area contributed by atoms with Gasteiger partial charge in [0.2, 0.25) is 5.91 Å². The van der Waals surface area contributed by atoms with Crippen LogP contribution in [-0.4, -0.2) is 42.3 Å². The van der Waals surface area contributed by atoms with E-state index in [4.69, 9.17) is 9.84 Å². The fourth-order valence-corrected chi connectivity index (χ4v) is 4.93. The Morgan fingerprint density at radius 1 is 0.970 bits per heavy atom. The van der Waals surface area contributed by atoms with E-state index in [1.165, 1.54) is 11.1 Å². The topological polar surface area (TPSA) is 105 Å². The minimum Gasteiger partial charge on any atom is -0.481 e. The Balaban J connectivity index is 1.17. The molecule has 0 spiro atoms. The highest BCUT2D eigenvalue weighted by Gasteiger charge is 2.29. The van der Waals surface area contributed by atoms with Crippen LogP contribution < -0.4 is 10.6 Å². The first-order valence-corrected chi connectivity index (χ1v) is 11.6. The fourth-order valence-electron chi connectivity index (χ4n) is 4.93. The van der Waals surface area contributed by atoms with E-state index in [0.717, 1.165) is 24.0 Å². The lowest BCUT2D eigenvalue weighted by Gasteiger charge is -2.27. The van der Waals surface area contributed by atoms with Crippen LogP contribution in [0.25, 0.3) is 11.1 Å². The van der Waals surface area contributed by atoms with Gasteiger partial charge in [-0.3, -0.25) is 9.59 Å². The molecule has 1 fully saturated rings. The monoisotopic (exact) mass is 450 g/mol. The molecule has 0 aliphatic heterocycles. The summed E-state index contributed by atoms with van der Waals surface area (Å²) in [7, 11) is 0. The molecule has 7 heteroatoms. The second-order valence-electron chi connectivity index (χ2n) is 8.82. The zero-order chi connectivity index (χ0) is 23.2. The van der Waals surface area contributed by atoms with Gasteiger partial charge in [0, 0.05) is 24.9 Å². The Bertz CT molecular complexity index is 976. The highest BCUT2D eigenvalue weighted by atomic mass is 16.5. The van der Waals surface area contributed by atoms with E-state index in [1.54, 1.807) is 0 Å². The van der Waals surface area contributed by atoms with Crippen molar-refractivity contribution in [3.05, 3.63) is 59.7 Å². The predicted molar refractivity (Wildman–Crippen MR) is 124 cm³/mol. The molecule has 174 valence electrons. The lowest BCUT2D eigenvalue weighted by atomic mass is 9.86. The van der Waals surface area contributed by atoms with Gasteiger partial charge in [0.25, 0.3) is 0 Å². The maximum atomic E-state index is 12.2. The molecular formula is C26H30N2O5. The molecule has 0 unspecified atom stereocenters. The Morgan fingerprint density at radius 2 is 1.64 bits per heavy atom. The minimum atomic E-state index is -0.791. The highest BCUT2D eigenvalue weighted by Crippen LogP contribution is 2.44. The first kappa shape index (κ1) is 22.8. The third kappa shape index (κ3) is 5.53. The summed E-state index contributed by atoms with van der Waals surface area (Å²) in [5.74, 6) is -1.26. The highest BCUT2D eigenvalue weighted by molar-refractivity contribution is 5.79. The number of nitrogens with one attached hydrogen (secondary N) is 2. The molecule has 33 heavy (non-hydrogen) atoms. The van der Waals surface area contributed by atoms with Crippen LogP contribution in [0.2, 0.25) is 0 Å². The number of carboxylic acid groups (broad SMARTS) is 1. The van der Waals surface area contributed by atoms with Gasteiger partial charge < -0.3 is 20.5 Å². The van der Waals surface area contributed by atoms with Crippen molar-refractivity contribution >= 4 is 18.0 Å². The molecule has 2 aliphatic carbocycles. The van der Waals surface area contributed by atoms with E-state index >= 15 is 0 Å². The third-order valence-corrected chi connectivity index (χ3v) is 6.58. The van der Waals surface area contributed by atoms with Crippen molar-refractivity contribution in [2.24, 2.45) is 5.92 Å². The summed E-state index contributed by atoms with van der Waals surface area (Å²) < 4.78 is 5.50. The standard InChI is InChI=1S/C26H30N2O5/c29-24(28-18-8-5-7-17(15-18)25(30)31)13-6-14-27-26(32)33-16-23-21-11-3-1-9-19(21)20-10-2-4-12-22(20)23/h1-4,9-12,17-18,23H,5-8,13-16H2,(H,27,32)(H,28,29)(H,30,31)/t17-,18-/m1/s1. The van der Waals surface area contributed by atoms with Crippen LogP contribution in [-0.2, 0) is 14.3 Å². The van der Waals surface area contributed by atoms with Crippen LogP contribution in [0, 0.1) is 5.92 Å². The summed E-state index contributed by atoms with van der Waals surface area (Å²) >= 11 is 0. The number of ether oxygens (including phenoxy) is 1. The largest absolute Gasteiger partial charge is 0.481 e. The van der Waals surface area contributed by atoms with Crippen molar-refractivity contribution in [3.8, 4) is 11.1 Å². The number of carbonyl (C=O) groups is 3. The molecular weight excluding hydrogens is 420 g/mol. The predicted octanol–water partition coefficient (Wildman–Crippen LogP) is 4.06. The average Bonchev–Trinajstić information content (AvgIpc) is 3.14. The van der Waals surface area contributed by atoms with Crippen molar-refractivity contribution in [1.29, 1.82) is 0 Å². The van der Waals surface area contributed by atoms with Crippen molar-refractivity contribution in [2.75, 3.05) is 13.2 Å². The van der Waals surface area contributed by atoms with Crippen LogP contribution in [0.15, 0.2) is 48.5 Å². The number of aliphatic carboxylic acids is 1. The number of hydrogen-bond donors (Lipinski definition) is 3. The average molecular weight is 451 g/mol. The fraction of sp³-hybridized carbons (Fsp3) is 0.423. The Morgan fingerprint density at radius 3 is 2.30 bits per heavy atom. The van der Waals surface area contributed by atoms with E-state index < -0.39 is 12.1 Å². The lowest BCUT2D eigenvalue weighted by molar-refractivity contribution is -0.143. The Labute approximate surface area is 193 Å². The summed E-state index contributed by atoms with van der Waals surface area (Å²) in [6, 6.07) is 16.3. The van der Waals surface area contributed by atoms with Gasteiger partial charge in [-0.05, 0) is 47.9 Å². The molecule has 2 amide bonds. The molecule has 7 nitrogen and oxygen atoms in total. The smallest absolute Gasteiger partial charge is 0.407 e. The molecule has 0 aromatic heterocycles. The molecule has 3 N–H and O–H groups in total. The van der Waals surface area contributed by atoms with Gasteiger partial charge in [0.05, 0.1) is 5.92 Å². The summed E-state index contributed by atoms with van der Waals surface area (Å²) in [5, 5.41) is 14.8. The van der Waals surface area contributed by atoms with Crippen LogP contribution in [0.4, 0.5) is 4.79 Å². The first-order chi connectivity index (χ1) is 16.0. The Kier molecular flexibility index (Phi) is 7.27. The quantitative estimate of drug-likeness (QED) is 0.526. The number of carbonyl (C=O) groups excluding carboxylic acids is 2. The van der Waals surface area contributed by atoms with Gasteiger partial charge in [-0.1, -0.05) is 55.0 Å². The van der Waals surface area contributed by atoms with Gasteiger partial charge >= 0.3 is 12.1 Å². The molecule has 2 aromatic rings. The third-order valence-electron chi connectivity index (χ3n) is 6.58. The number of fused-ring (bicyclic) bond motifs is 3. The van der Waals surface area contributed by atoms with E-state index in [0.29, 0.717) is 25.8 Å². The zero-order valence-electron chi connectivity index (χ0n) is 18.6. The number of carboxylic acids is 1. The van der Waals surface area contributed by atoms with Gasteiger partial charge in [0.1, 0.15) is 6.61 Å². The minimum absolute atomic E-state index is 0.0130. The van der Waals surface area contributed by atoms with E-state index in [1.807, 2.05) is 24.3 Å². The lowest BCUT2D eigenvalue weighted by Crippen LogP contribution is -2.40. The number of alkyl carbamates (subject to hydrolysis) is 1. The van der Waals surface area contributed by atoms with Crippen LogP contribution in [0.3, 0.4) is 0 Å². The number of hydrogen-bond acceptors (Lipinski definition) is 4. The summed E-state index contributed by atoms with van der Waals surface area (Å²) in [6.07, 6.45) is 3.06. The maximum Gasteiger partial charge on any atom is 0.407 e. The Hall–Kier alpha value is -3.35. The molecule has 2 aromatic carbocycles. The SMILES string of the molecule is O=C(CCCNC(=O)OCC1c2ccccc2-c2ccccc21)N[C@@H]1CCC[C@@H](C(=O)O)C1. The van der Waals surface area contributed by atoms with Crippen molar-refractivity contribution in [2.45, 2.75) is 50.5 Å². The summed E-state index contributed by atoms with van der Waals surface area (Å²) in [6.45, 7) is 0.597. The number of rotatable bonds is 8. The molecule has 2 atom stereocenters. The molecule has 0 bridgehead atoms. The molecule has 0 radical (unpaired) electrons. The second kappa shape index (κ2) is 10.5. The van der Waals surface area contributed by atoms with Gasteiger partial charge in [-0.2, -0.15) is 0 Å². The zero-order valence-corrected chi connectivity index (χ0v) is 18.6. The second-order valence-corrected chi connectivity index (χ2v) is 8.82. The molecule has 0 saturated heterocycles. The first-order valence-electron chi connectivity index (χ1n) is 11.6. The number of amides is 2.